The van der Waals surface area contributed by atoms with Crippen LogP contribution in [0, 0.1) is 47.3 Å². The summed E-state index contributed by atoms with van der Waals surface area (Å²) < 4.78 is 0. The van der Waals surface area contributed by atoms with Crippen molar-refractivity contribution in [3.8, 4) is 0 Å². The van der Waals surface area contributed by atoms with Gasteiger partial charge in [-0.15, -0.1) is 0 Å². The van der Waals surface area contributed by atoms with Crippen LogP contribution in [-0.4, -0.2) is 10.9 Å². The van der Waals surface area contributed by atoms with Gasteiger partial charge in [-0.25, -0.2) is 0 Å². The van der Waals surface area contributed by atoms with Crippen molar-refractivity contribution in [1.82, 2.24) is 10.2 Å². The minimum Gasteiger partial charge on any atom is -0.378 e. The highest BCUT2D eigenvalue weighted by Gasteiger charge is 2.43. The van der Waals surface area contributed by atoms with Gasteiger partial charge in [0.2, 0.25) is 0 Å². The molecule has 10 atom stereocenters. The Morgan fingerprint density at radius 1 is 0.656 bits per heavy atom. The molecule has 0 saturated heterocycles. The van der Waals surface area contributed by atoms with Gasteiger partial charge in [0.1, 0.15) is 0 Å². The summed E-state index contributed by atoms with van der Waals surface area (Å²) in [6.07, 6.45) is 59.3. The molecule has 0 saturated carbocycles. The number of rotatable bonds is 7. The van der Waals surface area contributed by atoms with Crippen molar-refractivity contribution >= 4 is 0 Å². The van der Waals surface area contributed by atoms with Gasteiger partial charge in [-0.2, -0.15) is 0 Å². The number of fused-ring (bicyclic) bond motifs is 2. The second-order valence-electron chi connectivity index (χ2n) is 20.0. The molecule has 0 bridgehead atoms. The van der Waals surface area contributed by atoms with Crippen LogP contribution in [0.1, 0.15) is 122 Å². The van der Waals surface area contributed by atoms with Gasteiger partial charge >= 0.3 is 0 Å². The maximum atomic E-state index is 4.38. The zero-order valence-electron chi connectivity index (χ0n) is 37.3. The summed E-state index contributed by atoms with van der Waals surface area (Å²) in [5.41, 5.74) is 14.9. The highest BCUT2D eigenvalue weighted by molar-refractivity contribution is 5.54. The summed E-state index contributed by atoms with van der Waals surface area (Å²) in [7, 11) is 0. The lowest BCUT2D eigenvalue weighted by atomic mass is 9.66. The largest absolute Gasteiger partial charge is 0.378 e. The molecule has 0 aromatic heterocycles. The third-order valence-corrected chi connectivity index (χ3v) is 16.6. The molecule has 2 aliphatic heterocycles. The molecule has 0 spiro atoms. The highest BCUT2D eigenvalue weighted by atomic mass is 15.2. The van der Waals surface area contributed by atoms with Crippen LogP contribution >= 0.6 is 0 Å². The van der Waals surface area contributed by atoms with E-state index in [2.05, 4.69) is 165 Å². The van der Waals surface area contributed by atoms with E-state index in [1.807, 2.05) is 0 Å². The zero-order valence-corrected chi connectivity index (χ0v) is 37.3. The predicted octanol–water partition coefficient (Wildman–Crippen LogP) is 15.0. The lowest BCUT2D eigenvalue weighted by Crippen LogP contribution is -2.42. The van der Waals surface area contributed by atoms with Crippen molar-refractivity contribution in [3.63, 3.8) is 0 Å². The molecule has 0 radical (unpaired) electrons. The van der Waals surface area contributed by atoms with Crippen LogP contribution in [0.3, 0.4) is 0 Å². The van der Waals surface area contributed by atoms with Crippen LogP contribution < -0.4 is 5.32 Å². The molecule has 2 nitrogen and oxygen atoms in total. The number of benzene rings is 1. The summed E-state index contributed by atoms with van der Waals surface area (Å²) in [4.78, 5) is 2.64. The van der Waals surface area contributed by atoms with Gasteiger partial charge in [-0.3, -0.25) is 0 Å². The van der Waals surface area contributed by atoms with E-state index in [1.54, 1.807) is 16.7 Å². The van der Waals surface area contributed by atoms with E-state index in [4.69, 9.17) is 0 Å². The molecule has 10 unspecified atom stereocenters. The van der Waals surface area contributed by atoms with Crippen molar-refractivity contribution in [2.24, 2.45) is 47.3 Å². The number of nitrogens with one attached hydrogen (secondary N) is 1. The number of nitrogens with zero attached hydrogens (tertiary/aromatic N) is 1. The molecule has 2 heterocycles. The molecule has 10 rings (SSSR count). The molecular formula is C59H70N2. The van der Waals surface area contributed by atoms with Crippen molar-refractivity contribution in [3.05, 3.63) is 190 Å². The van der Waals surface area contributed by atoms with Crippen molar-refractivity contribution in [1.29, 1.82) is 0 Å². The third kappa shape index (κ3) is 8.14. The molecule has 1 N–H and O–H groups in total. The molecule has 0 amide bonds. The van der Waals surface area contributed by atoms with Gasteiger partial charge in [0.05, 0.1) is 6.04 Å². The maximum absolute atomic E-state index is 4.38. The standard InChI is InChI=1S/C59H70N2/c1-40-26-39-52(47-31-27-45(28-32-47)43-16-7-4-8-17-43)41(2)42(3)59(60-58(40)49-35-29-46(30-36-49)44-18-9-5-10-19-44)50-37-33-48(34-38-50)53-23-15-25-56-57(53)54-22-13-14-24-55(54)61(56)51-20-11-6-12-21-51/h5,7,9-11,13,15-16,18-23,25,27,29,31,33,35-37,41-43,45-47,52-53,57,59-60H,4,6,8,12,14,17,24,26,28,30,32,34,38-39H2,1-3H3/b58-40+. The fourth-order valence-corrected chi connectivity index (χ4v) is 13.0. The molecule has 7 aliphatic carbocycles. The normalized spacial score (nSPS) is 36.1. The van der Waals surface area contributed by atoms with Crippen molar-refractivity contribution in [2.45, 2.75) is 123 Å². The Labute approximate surface area is 368 Å². The van der Waals surface area contributed by atoms with Crippen LogP contribution in [-0.2, 0) is 0 Å². The van der Waals surface area contributed by atoms with Gasteiger partial charge < -0.3 is 10.2 Å². The van der Waals surface area contributed by atoms with E-state index in [1.165, 1.54) is 78.0 Å². The number of hydrogen-bond acceptors (Lipinski definition) is 2. The first-order valence-electron chi connectivity index (χ1n) is 24.6. The fourth-order valence-electron chi connectivity index (χ4n) is 13.0. The molecule has 316 valence electrons. The number of hydrogen-bond donors (Lipinski definition) is 1. The lowest BCUT2D eigenvalue weighted by molar-refractivity contribution is 0.163. The van der Waals surface area contributed by atoms with Gasteiger partial charge in [-0.05, 0) is 172 Å². The smallest absolute Gasteiger partial charge is 0.0505 e. The van der Waals surface area contributed by atoms with Crippen LogP contribution in [0.4, 0.5) is 0 Å². The third-order valence-electron chi connectivity index (χ3n) is 16.6. The molecule has 61 heavy (non-hydrogen) atoms. The Hall–Kier alpha value is -4.56. The summed E-state index contributed by atoms with van der Waals surface area (Å²) >= 11 is 0. The molecule has 9 aliphatic rings. The topological polar surface area (TPSA) is 15.3 Å². The summed E-state index contributed by atoms with van der Waals surface area (Å²) in [5, 5.41) is 4.38. The van der Waals surface area contributed by atoms with E-state index in [0.29, 0.717) is 47.5 Å². The minimum absolute atomic E-state index is 0.298. The van der Waals surface area contributed by atoms with E-state index >= 15 is 0 Å². The fraction of sp³-hybridized carbons (Fsp3) is 0.458. The molecular weight excluding hydrogens is 737 g/mol. The molecule has 0 fully saturated rings. The van der Waals surface area contributed by atoms with E-state index in [9.17, 15) is 0 Å². The Morgan fingerprint density at radius 2 is 1.48 bits per heavy atom. The molecule has 1 aromatic carbocycles. The Morgan fingerprint density at radius 3 is 2.23 bits per heavy atom. The first-order chi connectivity index (χ1) is 30.0. The second kappa shape index (κ2) is 18.0. The van der Waals surface area contributed by atoms with Gasteiger partial charge in [0, 0.05) is 40.5 Å². The van der Waals surface area contributed by atoms with Crippen LogP contribution in [0.5, 0.6) is 0 Å². The van der Waals surface area contributed by atoms with Crippen LogP contribution in [0.15, 0.2) is 184 Å². The second-order valence-corrected chi connectivity index (χ2v) is 20.0. The SMILES string of the molecule is C/C1=C(/C2=CCC(c3ccccc3)C=C2)NC(C2=CC=C(C3C=CC=C4C3C3=C(CCC=C3)N4C3=CCCC=C3)CC2)C(C)C(C)C(C2C=CC(C3C=CCCC3)CC2)CC1. The Kier molecular flexibility index (Phi) is 12.0. The van der Waals surface area contributed by atoms with Crippen molar-refractivity contribution < 1.29 is 0 Å². The Balaban J connectivity index is 0.951. The van der Waals surface area contributed by atoms with Gasteiger partial charge in [-0.1, -0.05) is 141 Å². The average Bonchev–Trinajstić information content (AvgIpc) is 3.69. The summed E-state index contributed by atoms with van der Waals surface area (Å²) in [5.74, 6) is 5.20. The maximum Gasteiger partial charge on any atom is 0.0505 e. The van der Waals surface area contributed by atoms with Crippen molar-refractivity contribution in [2.75, 3.05) is 0 Å². The van der Waals surface area contributed by atoms with E-state index in [-0.39, 0.29) is 0 Å². The van der Waals surface area contributed by atoms with Gasteiger partial charge in [0.25, 0.3) is 0 Å². The van der Waals surface area contributed by atoms with Gasteiger partial charge in [0.15, 0.2) is 0 Å². The molecule has 1 aromatic rings. The average molecular weight is 807 g/mol. The van der Waals surface area contributed by atoms with Crippen LogP contribution in [0.2, 0.25) is 0 Å². The number of allylic oxidation sites excluding steroid dienone is 21. The zero-order chi connectivity index (χ0) is 41.3. The predicted molar refractivity (Wildman–Crippen MR) is 257 cm³/mol. The minimum atomic E-state index is 0.298. The monoisotopic (exact) mass is 807 g/mol. The van der Waals surface area contributed by atoms with E-state index < -0.39 is 0 Å². The van der Waals surface area contributed by atoms with E-state index in [0.717, 1.165) is 63.2 Å². The highest BCUT2D eigenvalue weighted by Crippen LogP contribution is 2.52. The first-order valence-corrected chi connectivity index (χ1v) is 24.6. The quantitative estimate of drug-likeness (QED) is 0.276. The first kappa shape index (κ1) is 40.5. The Bertz CT molecular complexity index is 2240. The lowest BCUT2D eigenvalue weighted by Gasteiger charge is -2.41. The summed E-state index contributed by atoms with van der Waals surface area (Å²) in [6, 6.07) is 11.4. The van der Waals surface area contributed by atoms with Crippen LogP contribution in [0.25, 0.3) is 0 Å². The summed E-state index contributed by atoms with van der Waals surface area (Å²) in [6.45, 7) is 7.66. The molecule has 2 heteroatoms.